The van der Waals surface area contributed by atoms with Gasteiger partial charge in [-0.25, -0.2) is 0 Å². The van der Waals surface area contributed by atoms with Gasteiger partial charge in [0.15, 0.2) is 0 Å². The first-order chi connectivity index (χ1) is 8.74. The number of pyridine rings is 1. The lowest BCUT2D eigenvalue weighted by Gasteiger charge is -1.98. The molecule has 0 aliphatic heterocycles. The van der Waals surface area contributed by atoms with Crippen LogP contribution < -0.4 is 0 Å². The van der Waals surface area contributed by atoms with E-state index in [9.17, 15) is 0 Å². The van der Waals surface area contributed by atoms with E-state index in [1.807, 2.05) is 30.3 Å². The van der Waals surface area contributed by atoms with Crippen molar-refractivity contribution in [1.29, 1.82) is 0 Å². The highest BCUT2D eigenvalue weighted by Crippen LogP contribution is 2.23. The fraction of sp³-hybridized carbons (Fsp3) is 0.154. The monoisotopic (exact) mass is 259 g/mol. The first-order valence-corrected chi connectivity index (χ1v) is 6.00. The van der Waals surface area contributed by atoms with Gasteiger partial charge >= 0.3 is 0 Å². The standard InChI is InChI=1S/C13H10ClN3O/c1-8(14)13-16-12(17-18-13)10-6-9-4-2-3-5-11(9)15-7-10/h2-8H,1H3. The predicted molar refractivity (Wildman–Crippen MR) is 69.3 cm³/mol. The van der Waals surface area contributed by atoms with Crippen LogP contribution in [0.4, 0.5) is 0 Å². The third-order valence-corrected chi connectivity index (χ3v) is 2.82. The van der Waals surface area contributed by atoms with Crippen molar-refractivity contribution < 1.29 is 4.52 Å². The van der Waals surface area contributed by atoms with Crippen LogP contribution in [0, 0.1) is 0 Å². The summed E-state index contributed by atoms with van der Waals surface area (Å²) in [7, 11) is 0. The number of hydrogen-bond acceptors (Lipinski definition) is 4. The van der Waals surface area contributed by atoms with Gasteiger partial charge in [-0.2, -0.15) is 4.98 Å². The zero-order valence-electron chi connectivity index (χ0n) is 9.67. The fourth-order valence-electron chi connectivity index (χ4n) is 1.71. The van der Waals surface area contributed by atoms with Crippen LogP contribution in [0.25, 0.3) is 22.3 Å². The number of rotatable bonds is 2. The van der Waals surface area contributed by atoms with Crippen LogP contribution >= 0.6 is 11.6 Å². The molecule has 0 spiro atoms. The number of fused-ring (bicyclic) bond motifs is 1. The maximum Gasteiger partial charge on any atom is 0.244 e. The van der Waals surface area contributed by atoms with Gasteiger partial charge in [0, 0.05) is 17.1 Å². The van der Waals surface area contributed by atoms with Crippen LogP contribution in [0.2, 0.25) is 0 Å². The molecular weight excluding hydrogens is 250 g/mol. The van der Waals surface area contributed by atoms with E-state index in [1.165, 1.54) is 0 Å². The maximum atomic E-state index is 5.89. The molecule has 2 aromatic heterocycles. The smallest absolute Gasteiger partial charge is 0.244 e. The quantitative estimate of drug-likeness (QED) is 0.660. The first-order valence-electron chi connectivity index (χ1n) is 5.57. The molecule has 90 valence electrons. The highest BCUT2D eigenvalue weighted by molar-refractivity contribution is 6.20. The van der Waals surface area contributed by atoms with Crippen LogP contribution in [0.5, 0.6) is 0 Å². The van der Waals surface area contributed by atoms with Crippen molar-refractivity contribution in [3.8, 4) is 11.4 Å². The third-order valence-electron chi connectivity index (χ3n) is 2.63. The van der Waals surface area contributed by atoms with E-state index >= 15 is 0 Å². The molecule has 3 rings (SSSR count). The summed E-state index contributed by atoms with van der Waals surface area (Å²) < 4.78 is 5.07. The molecule has 4 nitrogen and oxygen atoms in total. The van der Waals surface area contributed by atoms with Crippen molar-refractivity contribution in [2.45, 2.75) is 12.3 Å². The zero-order chi connectivity index (χ0) is 12.5. The molecule has 0 saturated heterocycles. The van der Waals surface area contributed by atoms with Gasteiger partial charge < -0.3 is 4.52 Å². The van der Waals surface area contributed by atoms with Gasteiger partial charge in [-0.1, -0.05) is 23.4 Å². The average molecular weight is 260 g/mol. The first kappa shape index (κ1) is 11.2. The molecule has 5 heteroatoms. The lowest BCUT2D eigenvalue weighted by molar-refractivity contribution is 0.379. The highest BCUT2D eigenvalue weighted by atomic mass is 35.5. The second-order valence-corrected chi connectivity index (χ2v) is 4.64. The molecule has 1 unspecified atom stereocenters. The summed E-state index contributed by atoms with van der Waals surface area (Å²) in [6.45, 7) is 1.79. The van der Waals surface area contributed by atoms with Gasteiger partial charge in [0.05, 0.1) is 5.52 Å². The molecule has 0 amide bonds. The largest absolute Gasteiger partial charge is 0.337 e. The van der Waals surface area contributed by atoms with Gasteiger partial charge in [0.2, 0.25) is 11.7 Å². The van der Waals surface area contributed by atoms with Gasteiger partial charge in [0.1, 0.15) is 5.38 Å². The molecule has 0 saturated carbocycles. The van der Waals surface area contributed by atoms with E-state index in [4.69, 9.17) is 16.1 Å². The van der Waals surface area contributed by atoms with Crippen LogP contribution in [0.1, 0.15) is 18.2 Å². The number of hydrogen-bond donors (Lipinski definition) is 0. The van der Waals surface area contributed by atoms with E-state index in [0.29, 0.717) is 11.7 Å². The minimum atomic E-state index is -0.292. The molecule has 0 N–H and O–H groups in total. The van der Waals surface area contributed by atoms with E-state index in [0.717, 1.165) is 16.5 Å². The Morgan fingerprint density at radius 2 is 2.11 bits per heavy atom. The van der Waals surface area contributed by atoms with Crippen molar-refractivity contribution in [2.75, 3.05) is 0 Å². The molecule has 0 bridgehead atoms. The van der Waals surface area contributed by atoms with Crippen molar-refractivity contribution >= 4 is 22.5 Å². The summed E-state index contributed by atoms with van der Waals surface area (Å²) in [5.41, 5.74) is 1.76. The van der Waals surface area contributed by atoms with Crippen molar-refractivity contribution in [1.82, 2.24) is 15.1 Å². The average Bonchev–Trinajstić information content (AvgIpc) is 2.88. The topological polar surface area (TPSA) is 51.8 Å². The second kappa shape index (κ2) is 4.38. The summed E-state index contributed by atoms with van der Waals surface area (Å²) in [6.07, 6.45) is 1.73. The van der Waals surface area contributed by atoms with Gasteiger partial charge in [-0.15, -0.1) is 11.6 Å². The summed E-state index contributed by atoms with van der Waals surface area (Å²) in [6, 6.07) is 9.86. The molecule has 0 aliphatic rings. The molecule has 1 atom stereocenters. The lowest BCUT2D eigenvalue weighted by atomic mass is 10.1. The molecular formula is C13H10ClN3O. The van der Waals surface area contributed by atoms with Crippen molar-refractivity contribution in [3.05, 3.63) is 42.4 Å². The van der Waals surface area contributed by atoms with Gasteiger partial charge in [-0.05, 0) is 19.1 Å². The molecule has 1 aromatic carbocycles. The second-order valence-electron chi connectivity index (χ2n) is 3.99. The van der Waals surface area contributed by atoms with Gasteiger partial charge in [-0.3, -0.25) is 4.98 Å². The maximum absolute atomic E-state index is 5.89. The molecule has 2 heterocycles. The predicted octanol–water partition coefficient (Wildman–Crippen LogP) is 3.58. The van der Waals surface area contributed by atoms with E-state index in [1.54, 1.807) is 13.1 Å². The minimum absolute atomic E-state index is 0.292. The van der Waals surface area contributed by atoms with E-state index < -0.39 is 0 Å². The normalized spacial score (nSPS) is 12.8. The summed E-state index contributed by atoms with van der Waals surface area (Å²) in [5.74, 6) is 0.926. The summed E-state index contributed by atoms with van der Waals surface area (Å²) in [5, 5.41) is 4.65. The highest BCUT2D eigenvalue weighted by Gasteiger charge is 2.13. The molecule has 0 aliphatic carbocycles. The Bertz CT molecular complexity index is 693. The van der Waals surface area contributed by atoms with Gasteiger partial charge in [0.25, 0.3) is 0 Å². The van der Waals surface area contributed by atoms with E-state index in [-0.39, 0.29) is 5.38 Å². The number of aromatic nitrogens is 3. The number of nitrogens with zero attached hydrogens (tertiary/aromatic N) is 3. The number of alkyl halides is 1. The van der Waals surface area contributed by atoms with Crippen LogP contribution in [-0.4, -0.2) is 15.1 Å². The summed E-state index contributed by atoms with van der Waals surface area (Å²) in [4.78, 5) is 8.59. The third kappa shape index (κ3) is 1.95. The summed E-state index contributed by atoms with van der Waals surface area (Å²) >= 11 is 5.89. The fourth-order valence-corrected chi connectivity index (χ4v) is 1.80. The van der Waals surface area contributed by atoms with Crippen LogP contribution in [0.15, 0.2) is 41.1 Å². The SMILES string of the molecule is CC(Cl)c1nc(-c2cnc3ccccc3c2)no1. The number of halogens is 1. The Kier molecular flexibility index (Phi) is 2.72. The minimum Gasteiger partial charge on any atom is -0.337 e. The lowest BCUT2D eigenvalue weighted by Crippen LogP contribution is -1.86. The molecule has 18 heavy (non-hydrogen) atoms. The van der Waals surface area contributed by atoms with Crippen LogP contribution in [0.3, 0.4) is 0 Å². The Labute approximate surface area is 109 Å². The Hall–Kier alpha value is -1.94. The molecule has 0 radical (unpaired) electrons. The Balaban J connectivity index is 2.07. The number of benzene rings is 1. The van der Waals surface area contributed by atoms with E-state index in [2.05, 4.69) is 15.1 Å². The van der Waals surface area contributed by atoms with Crippen molar-refractivity contribution in [2.24, 2.45) is 0 Å². The van der Waals surface area contributed by atoms with Crippen molar-refractivity contribution in [3.63, 3.8) is 0 Å². The molecule has 0 fully saturated rings. The molecule has 3 aromatic rings. The Morgan fingerprint density at radius 3 is 2.89 bits per heavy atom. The van der Waals surface area contributed by atoms with Crippen LogP contribution in [-0.2, 0) is 0 Å². The number of para-hydroxylation sites is 1. The zero-order valence-corrected chi connectivity index (χ0v) is 10.4. The Morgan fingerprint density at radius 1 is 1.28 bits per heavy atom.